The van der Waals surface area contributed by atoms with Crippen LogP contribution in [0.1, 0.15) is 36.3 Å². The predicted molar refractivity (Wildman–Crippen MR) is 112 cm³/mol. The van der Waals surface area contributed by atoms with Crippen LogP contribution in [-0.4, -0.2) is 26.0 Å². The van der Waals surface area contributed by atoms with E-state index in [2.05, 4.69) is 20.9 Å². The minimum absolute atomic E-state index is 0.0888. The number of anilines is 1. The summed E-state index contributed by atoms with van der Waals surface area (Å²) < 4.78 is 40.9. The molecule has 2 heterocycles. The van der Waals surface area contributed by atoms with Crippen molar-refractivity contribution in [2.45, 2.75) is 42.4 Å². The molecule has 1 aromatic heterocycles. The lowest BCUT2D eigenvalue weighted by Gasteiger charge is -2.33. The Morgan fingerprint density at radius 1 is 1.16 bits per heavy atom. The third-order valence-electron chi connectivity index (χ3n) is 4.85. The summed E-state index contributed by atoms with van der Waals surface area (Å²) in [5.41, 5.74) is 3.48. The molecular formula is C21H20F3N5OS. The van der Waals surface area contributed by atoms with Gasteiger partial charge in [-0.25, -0.2) is 4.68 Å². The van der Waals surface area contributed by atoms with Crippen molar-refractivity contribution in [3.8, 4) is 0 Å². The Hall–Kier alpha value is -3.01. The molecule has 4 rings (SSSR count). The van der Waals surface area contributed by atoms with Crippen molar-refractivity contribution in [3.05, 3.63) is 71.5 Å². The summed E-state index contributed by atoms with van der Waals surface area (Å²) in [5.74, 6) is 0.347. The van der Waals surface area contributed by atoms with Crippen LogP contribution in [0, 0.1) is 0 Å². The molecule has 0 spiro atoms. The van der Waals surface area contributed by atoms with Crippen LogP contribution in [0.3, 0.4) is 0 Å². The number of alkyl halides is 3. The highest BCUT2D eigenvalue weighted by Crippen LogP contribution is 2.38. The minimum Gasteiger partial charge on any atom is -0.325 e. The van der Waals surface area contributed by atoms with Crippen molar-refractivity contribution in [2.24, 2.45) is 0 Å². The summed E-state index contributed by atoms with van der Waals surface area (Å²) in [6.45, 7) is 2.04. The molecule has 1 aliphatic rings. The quantitative estimate of drug-likeness (QED) is 0.596. The zero-order chi connectivity index (χ0) is 22.0. The fourth-order valence-electron chi connectivity index (χ4n) is 3.38. The average molecular weight is 447 g/mol. The first-order valence-corrected chi connectivity index (χ1v) is 10.7. The predicted octanol–water partition coefficient (Wildman–Crippen LogP) is 4.65. The Labute approximate surface area is 181 Å². The molecule has 31 heavy (non-hydrogen) atoms. The molecule has 0 saturated carbocycles. The van der Waals surface area contributed by atoms with Crippen LogP contribution in [0.25, 0.3) is 0 Å². The SMILES string of the molecule is CCCc1nnc2n1N[C@@H](c1ccccc1)[C@@H](C(=O)Nc1cccc(C(F)(F)F)c1)S2. The number of halogens is 3. The second kappa shape index (κ2) is 8.62. The highest BCUT2D eigenvalue weighted by atomic mass is 32.2. The van der Waals surface area contributed by atoms with Crippen LogP contribution in [-0.2, 0) is 17.4 Å². The molecule has 1 aliphatic heterocycles. The number of nitrogens with zero attached hydrogens (tertiary/aromatic N) is 3. The summed E-state index contributed by atoms with van der Waals surface area (Å²) in [6, 6.07) is 13.6. The Kier molecular flexibility index (Phi) is 5.90. The summed E-state index contributed by atoms with van der Waals surface area (Å²) in [7, 11) is 0. The highest BCUT2D eigenvalue weighted by Gasteiger charge is 2.38. The number of aromatic nitrogens is 3. The Bertz CT molecular complexity index is 1070. The van der Waals surface area contributed by atoms with E-state index in [0.29, 0.717) is 5.16 Å². The summed E-state index contributed by atoms with van der Waals surface area (Å²) >= 11 is 1.24. The number of amides is 1. The third kappa shape index (κ3) is 4.53. The molecule has 2 N–H and O–H groups in total. The van der Waals surface area contributed by atoms with Crippen LogP contribution in [0.5, 0.6) is 0 Å². The maximum atomic E-state index is 13.1. The van der Waals surface area contributed by atoms with Crippen molar-refractivity contribution < 1.29 is 18.0 Å². The van der Waals surface area contributed by atoms with Crippen LogP contribution in [0.2, 0.25) is 0 Å². The summed E-state index contributed by atoms with van der Waals surface area (Å²) in [5, 5.41) is 10.9. The van der Waals surface area contributed by atoms with Gasteiger partial charge in [0.05, 0.1) is 11.6 Å². The van der Waals surface area contributed by atoms with E-state index in [-0.39, 0.29) is 5.69 Å². The van der Waals surface area contributed by atoms with E-state index in [0.717, 1.165) is 36.4 Å². The maximum absolute atomic E-state index is 13.1. The smallest absolute Gasteiger partial charge is 0.325 e. The standard InChI is InChI=1S/C21H20F3N5OS/c1-2-7-16-26-27-20-29(16)28-17(13-8-4-3-5-9-13)18(31-20)19(30)25-15-11-6-10-14(12-15)21(22,23)24/h3-6,8-12,17-18,28H,2,7H2,1H3,(H,25,30)/t17-,18-/m0/s1. The Morgan fingerprint density at radius 3 is 2.65 bits per heavy atom. The second-order valence-electron chi connectivity index (χ2n) is 7.11. The van der Waals surface area contributed by atoms with E-state index in [1.54, 1.807) is 4.68 Å². The number of benzene rings is 2. The van der Waals surface area contributed by atoms with Gasteiger partial charge >= 0.3 is 6.18 Å². The topological polar surface area (TPSA) is 71.8 Å². The molecule has 10 heteroatoms. The molecule has 2 atom stereocenters. The Morgan fingerprint density at radius 2 is 1.94 bits per heavy atom. The van der Waals surface area contributed by atoms with E-state index < -0.39 is 28.9 Å². The number of fused-ring (bicyclic) bond motifs is 1. The van der Waals surface area contributed by atoms with Crippen LogP contribution in [0.4, 0.5) is 18.9 Å². The third-order valence-corrected chi connectivity index (χ3v) is 6.07. The number of aryl methyl sites for hydroxylation is 1. The monoisotopic (exact) mass is 447 g/mol. The lowest BCUT2D eigenvalue weighted by Crippen LogP contribution is -2.41. The first-order chi connectivity index (χ1) is 14.9. The van der Waals surface area contributed by atoms with Gasteiger partial charge in [-0.1, -0.05) is 55.1 Å². The van der Waals surface area contributed by atoms with Gasteiger partial charge in [0.25, 0.3) is 0 Å². The van der Waals surface area contributed by atoms with E-state index >= 15 is 0 Å². The zero-order valence-electron chi connectivity index (χ0n) is 16.6. The zero-order valence-corrected chi connectivity index (χ0v) is 17.4. The molecule has 0 aliphatic carbocycles. The largest absolute Gasteiger partial charge is 0.416 e. The van der Waals surface area contributed by atoms with Gasteiger partial charge in [-0.05, 0) is 30.2 Å². The molecule has 0 radical (unpaired) electrons. The van der Waals surface area contributed by atoms with Crippen molar-refractivity contribution >= 4 is 23.4 Å². The van der Waals surface area contributed by atoms with Gasteiger partial charge < -0.3 is 10.7 Å². The number of hydrogen-bond donors (Lipinski definition) is 2. The van der Waals surface area contributed by atoms with E-state index in [1.807, 2.05) is 37.3 Å². The van der Waals surface area contributed by atoms with Crippen molar-refractivity contribution in [1.82, 2.24) is 14.9 Å². The Balaban J connectivity index is 1.63. The molecule has 162 valence electrons. The molecular weight excluding hydrogens is 427 g/mol. The summed E-state index contributed by atoms with van der Waals surface area (Å²) in [6.07, 6.45) is -2.87. The molecule has 0 fully saturated rings. The van der Waals surface area contributed by atoms with Gasteiger partial charge in [0.1, 0.15) is 5.25 Å². The fraction of sp³-hybridized carbons (Fsp3) is 0.286. The van der Waals surface area contributed by atoms with Gasteiger partial charge in [0, 0.05) is 12.1 Å². The molecule has 1 amide bonds. The van der Waals surface area contributed by atoms with Crippen LogP contribution >= 0.6 is 11.8 Å². The first kappa shape index (κ1) is 21.2. The molecule has 0 bridgehead atoms. The van der Waals surface area contributed by atoms with Gasteiger partial charge in [-0.2, -0.15) is 13.2 Å². The van der Waals surface area contributed by atoms with E-state index in [1.165, 1.54) is 23.9 Å². The van der Waals surface area contributed by atoms with Crippen molar-refractivity contribution in [1.29, 1.82) is 0 Å². The second-order valence-corrected chi connectivity index (χ2v) is 8.22. The van der Waals surface area contributed by atoms with Gasteiger partial charge in [0.15, 0.2) is 5.82 Å². The fourth-order valence-corrected chi connectivity index (χ4v) is 4.48. The number of carbonyl (C=O) groups is 1. The van der Waals surface area contributed by atoms with Gasteiger partial charge in [-0.3, -0.25) is 4.79 Å². The number of rotatable bonds is 5. The molecule has 2 aromatic carbocycles. The lowest BCUT2D eigenvalue weighted by atomic mass is 10.0. The molecule has 0 saturated heterocycles. The normalized spacial score (nSPS) is 18.2. The number of hydrogen-bond acceptors (Lipinski definition) is 5. The summed E-state index contributed by atoms with van der Waals surface area (Å²) in [4.78, 5) is 13.1. The average Bonchev–Trinajstić information content (AvgIpc) is 3.15. The number of carbonyl (C=O) groups excluding carboxylic acids is 1. The maximum Gasteiger partial charge on any atom is 0.416 e. The first-order valence-electron chi connectivity index (χ1n) is 9.77. The van der Waals surface area contributed by atoms with E-state index in [9.17, 15) is 18.0 Å². The molecule has 6 nitrogen and oxygen atoms in total. The highest BCUT2D eigenvalue weighted by molar-refractivity contribution is 8.00. The van der Waals surface area contributed by atoms with E-state index in [4.69, 9.17) is 0 Å². The lowest BCUT2D eigenvalue weighted by molar-refractivity contribution is -0.137. The van der Waals surface area contributed by atoms with Gasteiger partial charge in [0.2, 0.25) is 11.1 Å². The number of nitrogens with one attached hydrogen (secondary N) is 2. The molecule has 0 unspecified atom stereocenters. The minimum atomic E-state index is -4.49. The van der Waals surface area contributed by atoms with Crippen LogP contribution < -0.4 is 10.7 Å². The molecule has 3 aromatic rings. The van der Waals surface area contributed by atoms with Gasteiger partial charge in [-0.15, -0.1) is 10.2 Å². The van der Waals surface area contributed by atoms with Crippen molar-refractivity contribution in [3.63, 3.8) is 0 Å². The van der Waals surface area contributed by atoms with Crippen molar-refractivity contribution in [2.75, 3.05) is 10.7 Å². The number of thioether (sulfide) groups is 1. The van der Waals surface area contributed by atoms with Crippen LogP contribution in [0.15, 0.2) is 59.8 Å².